The molecule has 0 fully saturated rings. The predicted octanol–water partition coefficient (Wildman–Crippen LogP) is 18.1. The maximum Gasteiger partial charge on any atom is 0.306 e. The summed E-state index contributed by atoms with van der Waals surface area (Å²) in [5.41, 5.74) is 0. The maximum atomic E-state index is 12.8. The summed E-state index contributed by atoms with van der Waals surface area (Å²) in [7, 11) is 0. The molecule has 0 heterocycles. The van der Waals surface area contributed by atoms with Gasteiger partial charge in [0.2, 0.25) is 0 Å². The molecule has 0 aromatic heterocycles. The lowest BCUT2D eigenvalue weighted by atomic mass is 10.0. The molecule has 376 valence electrons. The van der Waals surface area contributed by atoms with Crippen molar-refractivity contribution in [2.75, 3.05) is 13.2 Å². The Morgan fingerprint density at radius 1 is 0.318 bits per heavy atom. The van der Waals surface area contributed by atoms with Crippen LogP contribution in [0.3, 0.4) is 0 Å². The summed E-state index contributed by atoms with van der Waals surface area (Å²) in [4.78, 5) is 38.0. The van der Waals surface area contributed by atoms with Crippen molar-refractivity contribution in [3.05, 3.63) is 97.2 Å². The van der Waals surface area contributed by atoms with E-state index in [1.54, 1.807) is 0 Å². The van der Waals surface area contributed by atoms with Crippen LogP contribution in [0.5, 0.6) is 0 Å². The van der Waals surface area contributed by atoms with E-state index in [9.17, 15) is 14.4 Å². The highest BCUT2D eigenvalue weighted by Gasteiger charge is 2.19. The van der Waals surface area contributed by atoms with Crippen LogP contribution in [0.15, 0.2) is 97.2 Å². The summed E-state index contributed by atoms with van der Waals surface area (Å²) < 4.78 is 16.7. The Balaban J connectivity index is 4.54. The molecule has 0 aliphatic rings. The van der Waals surface area contributed by atoms with E-state index in [0.717, 1.165) is 70.6 Å². The van der Waals surface area contributed by atoms with Crippen LogP contribution in [0.4, 0.5) is 0 Å². The van der Waals surface area contributed by atoms with Gasteiger partial charge in [0, 0.05) is 19.3 Å². The average Bonchev–Trinajstić information content (AvgIpc) is 3.31. The number of unbranched alkanes of at least 4 members (excludes halogenated alkanes) is 21. The van der Waals surface area contributed by atoms with Gasteiger partial charge in [0.15, 0.2) is 6.10 Å². The largest absolute Gasteiger partial charge is 0.462 e. The van der Waals surface area contributed by atoms with Crippen molar-refractivity contribution in [2.45, 2.75) is 252 Å². The Bertz CT molecular complexity index is 1330. The Labute approximate surface area is 407 Å². The molecule has 0 aliphatic carbocycles. The zero-order valence-electron chi connectivity index (χ0n) is 42.9. The van der Waals surface area contributed by atoms with Crippen LogP contribution < -0.4 is 0 Å². The summed E-state index contributed by atoms with van der Waals surface area (Å²) in [6.07, 6.45) is 71.3. The minimum Gasteiger partial charge on any atom is -0.462 e. The number of ether oxygens (including phenoxy) is 3. The molecule has 0 radical (unpaired) electrons. The minimum atomic E-state index is -0.829. The quantitative estimate of drug-likeness (QED) is 0.0262. The molecule has 66 heavy (non-hydrogen) atoms. The molecule has 0 saturated carbocycles. The SMILES string of the molecule is CC/C=C/C/C=C/C/C=C/C/C=C/C/C=C/C/C=C/CCC(=O)OCC(COC(=O)CC/C=C/C/C=C/CCCCCCCC)OC(=O)CCCCCCCCCCCCCCCCCC. The Hall–Kier alpha value is -3.67. The lowest BCUT2D eigenvalue weighted by molar-refractivity contribution is -0.166. The summed E-state index contributed by atoms with van der Waals surface area (Å²) in [5.74, 6) is -1.07. The van der Waals surface area contributed by atoms with Crippen LogP contribution in [0.25, 0.3) is 0 Å². The van der Waals surface area contributed by atoms with E-state index in [2.05, 4.69) is 99.8 Å². The summed E-state index contributed by atoms with van der Waals surface area (Å²) in [5, 5.41) is 0. The van der Waals surface area contributed by atoms with Crippen LogP contribution in [-0.2, 0) is 28.6 Å². The molecule has 0 aromatic rings. The van der Waals surface area contributed by atoms with Gasteiger partial charge < -0.3 is 14.2 Å². The van der Waals surface area contributed by atoms with Gasteiger partial charge in [-0.1, -0.05) is 246 Å². The van der Waals surface area contributed by atoms with Gasteiger partial charge in [-0.25, -0.2) is 0 Å². The van der Waals surface area contributed by atoms with Crippen LogP contribution in [0, 0.1) is 0 Å². The fourth-order valence-corrected chi connectivity index (χ4v) is 7.29. The van der Waals surface area contributed by atoms with E-state index in [1.807, 2.05) is 18.2 Å². The third kappa shape index (κ3) is 51.3. The molecule has 6 heteroatoms. The molecule has 1 atom stereocenters. The molecule has 0 rings (SSSR count). The molecular formula is C60H100O6. The van der Waals surface area contributed by atoms with Gasteiger partial charge in [-0.15, -0.1) is 0 Å². The van der Waals surface area contributed by atoms with E-state index in [4.69, 9.17) is 14.2 Å². The smallest absolute Gasteiger partial charge is 0.306 e. The van der Waals surface area contributed by atoms with Crippen LogP contribution in [0.1, 0.15) is 245 Å². The second-order valence-electron chi connectivity index (χ2n) is 17.8. The topological polar surface area (TPSA) is 78.9 Å². The summed E-state index contributed by atoms with van der Waals surface area (Å²) >= 11 is 0. The third-order valence-corrected chi connectivity index (χ3v) is 11.3. The van der Waals surface area contributed by atoms with Crippen molar-refractivity contribution >= 4 is 17.9 Å². The highest BCUT2D eigenvalue weighted by molar-refractivity contribution is 5.71. The molecule has 6 nitrogen and oxygen atoms in total. The monoisotopic (exact) mass is 917 g/mol. The Morgan fingerprint density at radius 3 is 0.985 bits per heavy atom. The predicted molar refractivity (Wildman–Crippen MR) is 284 cm³/mol. The fraction of sp³-hybridized carbons (Fsp3) is 0.683. The van der Waals surface area contributed by atoms with Crippen LogP contribution >= 0.6 is 0 Å². The number of carbonyl (C=O) groups excluding carboxylic acids is 3. The van der Waals surface area contributed by atoms with E-state index < -0.39 is 6.10 Å². The second-order valence-corrected chi connectivity index (χ2v) is 17.8. The van der Waals surface area contributed by atoms with Crippen molar-refractivity contribution in [1.82, 2.24) is 0 Å². The Morgan fingerprint density at radius 2 is 0.621 bits per heavy atom. The zero-order chi connectivity index (χ0) is 47.9. The highest BCUT2D eigenvalue weighted by Crippen LogP contribution is 2.15. The first-order valence-corrected chi connectivity index (χ1v) is 27.2. The maximum absolute atomic E-state index is 12.8. The second kappa shape index (κ2) is 53.9. The van der Waals surface area contributed by atoms with E-state index in [1.165, 1.54) is 122 Å². The van der Waals surface area contributed by atoms with Gasteiger partial charge in [0.1, 0.15) is 13.2 Å². The molecule has 0 spiro atoms. The number of allylic oxidation sites excluding steroid dienone is 16. The van der Waals surface area contributed by atoms with Crippen LogP contribution in [-0.4, -0.2) is 37.2 Å². The molecule has 0 bridgehead atoms. The normalized spacial score (nSPS) is 12.8. The Kier molecular flexibility index (Phi) is 50.9. The zero-order valence-corrected chi connectivity index (χ0v) is 42.9. The molecule has 0 saturated heterocycles. The van der Waals surface area contributed by atoms with Gasteiger partial charge in [-0.3, -0.25) is 14.4 Å². The lowest BCUT2D eigenvalue weighted by Crippen LogP contribution is -2.30. The molecule has 0 aliphatic heterocycles. The first-order valence-electron chi connectivity index (χ1n) is 27.2. The third-order valence-electron chi connectivity index (χ3n) is 11.3. The van der Waals surface area contributed by atoms with Crippen molar-refractivity contribution in [3.63, 3.8) is 0 Å². The highest BCUT2D eigenvalue weighted by atomic mass is 16.6. The van der Waals surface area contributed by atoms with Crippen molar-refractivity contribution in [1.29, 1.82) is 0 Å². The lowest BCUT2D eigenvalue weighted by Gasteiger charge is -2.18. The molecular weight excluding hydrogens is 817 g/mol. The van der Waals surface area contributed by atoms with E-state index >= 15 is 0 Å². The standard InChI is InChI=1S/C60H100O6/c1-4-7-10-13-16-19-22-25-27-29-30-31-33-35-38-41-44-47-50-53-59(62)65-56-57(55-64-58(61)52-49-46-43-40-37-34-24-21-18-15-12-9-6-3)66-60(63)54-51-48-45-42-39-36-32-28-26-23-20-17-14-11-8-5-2/h7,10,16,19,25,27,30-31,34-35,37-38,43-44,46-47,57H,4-6,8-9,11-15,17-18,20-24,26,28-29,32-33,36,39-42,45,48-56H2,1-3H3/b10-7+,19-16+,27-25+,31-30+,37-34+,38-35+,46-43+,47-44+. The van der Waals surface area contributed by atoms with E-state index in [-0.39, 0.29) is 44.0 Å². The van der Waals surface area contributed by atoms with Gasteiger partial charge in [-0.2, -0.15) is 0 Å². The fourth-order valence-electron chi connectivity index (χ4n) is 7.29. The number of hydrogen-bond donors (Lipinski definition) is 0. The average molecular weight is 917 g/mol. The minimum absolute atomic E-state index is 0.130. The number of rotatable bonds is 48. The molecule has 1 unspecified atom stereocenters. The van der Waals surface area contributed by atoms with Crippen LogP contribution in [0.2, 0.25) is 0 Å². The van der Waals surface area contributed by atoms with Crippen molar-refractivity contribution < 1.29 is 28.6 Å². The van der Waals surface area contributed by atoms with Gasteiger partial charge >= 0.3 is 17.9 Å². The van der Waals surface area contributed by atoms with Crippen molar-refractivity contribution in [2.24, 2.45) is 0 Å². The van der Waals surface area contributed by atoms with Gasteiger partial charge in [-0.05, 0) is 77.0 Å². The first kappa shape index (κ1) is 62.3. The number of esters is 3. The van der Waals surface area contributed by atoms with Gasteiger partial charge in [0.25, 0.3) is 0 Å². The summed E-state index contributed by atoms with van der Waals surface area (Å²) in [6.45, 7) is 6.40. The summed E-state index contributed by atoms with van der Waals surface area (Å²) in [6, 6.07) is 0. The van der Waals surface area contributed by atoms with E-state index in [0.29, 0.717) is 19.3 Å². The first-order chi connectivity index (χ1) is 32.5. The van der Waals surface area contributed by atoms with Gasteiger partial charge in [0.05, 0.1) is 0 Å². The molecule has 0 amide bonds. The van der Waals surface area contributed by atoms with Crippen molar-refractivity contribution in [3.8, 4) is 0 Å². The number of carbonyl (C=O) groups is 3. The molecule has 0 aromatic carbocycles. The molecule has 0 N–H and O–H groups in total. The number of hydrogen-bond acceptors (Lipinski definition) is 6.